The highest BCUT2D eigenvalue weighted by Gasteiger charge is 2.76. The first-order valence-corrected chi connectivity index (χ1v) is 12.5. The van der Waals surface area contributed by atoms with Gasteiger partial charge in [0.15, 0.2) is 17.5 Å². The van der Waals surface area contributed by atoms with E-state index in [2.05, 4.69) is 13.8 Å². The van der Waals surface area contributed by atoms with Crippen LogP contribution in [0, 0.1) is 48.3 Å². The number of carbonyl (C=O) groups excluding carboxylic acids is 2. The molecule has 0 amide bonds. The van der Waals surface area contributed by atoms with Crippen molar-refractivity contribution in [3.63, 3.8) is 0 Å². The van der Waals surface area contributed by atoms with Gasteiger partial charge in [-0.25, -0.2) is 4.79 Å². The van der Waals surface area contributed by atoms with Crippen molar-refractivity contribution < 1.29 is 29.6 Å². The number of aliphatic hydroxyl groups is 3. The maximum Gasteiger partial charge on any atom is 0.340 e. The number of fused-ring (bicyclic) bond motifs is 3. The Hall–Kier alpha value is -2.22. The van der Waals surface area contributed by atoms with Gasteiger partial charge in [-0.2, -0.15) is 0 Å². The Kier molecular flexibility index (Phi) is 5.18. The Balaban J connectivity index is 1.64. The predicted octanol–water partition coefficient (Wildman–Crippen LogP) is 2.64. The molecule has 35 heavy (non-hydrogen) atoms. The fourth-order valence-electron chi connectivity index (χ4n) is 7.83. The molecule has 0 aromatic carbocycles. The highest BCUT2D eigenvalue weighted by Crippen LogP contribution is 2.71. The van der Waals surface area contributed by atoms with Gasteiger partial charge in [-0.05, 0) is 67.6 Å². The fraction of sp³-hybridized carbons (Fsp3) is 0.643. The lowest BCUT2D eigenvalue weighted by Gasteiger charge is -2.48. The lowest BCUT2D eigenvalue weighted by molar-refractivity contribution is -0.190. The van der Waals surface area contributed by atoms with Crippen LogP contribution in [0.2, 0.25) is 0 Å². The molecule has 4 aliphatic carbocycles. The minimum absolute atomic E-state index is 0.0351. The number of hydrogen-bond acceptors (Lipinski definition) is 6. The normalized spacial score (nSPS) is 41.3. The lowest BCUT2D eigenvalue weighted by atomic mass is 9.59. The highest BCUT2D eigenvalue weighted by atomic mass is 16.6. The van der Waals surface area contributed by atoms with E-state index in [0.29, 0.717) is 17.1 Å². The van der Waals surface area contributed by atoms with Crippen molar-refractivity contribution in [2.45, 2.75) is 65.8 Å². The maximum atomic E-state index is 14.4. The van der Waals surface area contributed by atoms with E-state index < -0.39 is 41.7 Å². The topological polar surface area (TPSA) is 109 Å². The lowest BCUT2D eigenvalue weighted by Crippen LogP contribution is -2.65. The molecule has 0 radical (unpaired) electrons. The van der Waals surface area contributed by atoms with E-state index in [1.54, 1.807) is 25.1 Å². The van der Waals surface area contributed by atoms with Gasteiger partial charge < -0.3 is 24.6 Å². The van der Waals surface area contributed by atoms with Gasteiger partial charge in [0.1, 0.15) is 6.10 Å². The molecule has 7 nitrogen and oxygen atoms in total. The molecule has 190 valence electrons. The second-order valence-electron chi connectivity index (χ2n) is 12.0. The fourth-order valence-corrected chi connectivity index (χ4v) is 7.83. The van der Waals surface area contributed by atoms with Crippen LogP contribution in [0.5, 0.6) is 0 Å². The summed E-state index contributed by atoms with van der Waals surface area (Å²) in [6.07, 6.45) is 1.37. The zero-order valence-corrected chi connectivity index (χ0v) is 21.6. The molecule has 3 N–H and O–H groups in total. The van der Waals surface area contributed by atoms with Gasteiger partial charge in [0, 0.05) is 24.4 Å². The third-order valence-electron chi connectivity index (χ3n) is 10.1. The molecule has 8 atom stereocenters. The van der Waals surface area contributed by atoms with Crippen molar-refractivity contribution in [1.82, 2.24) is 4.57 Å². The van der Waals surface area contributed by atoms with Crippen molar-refractivity contribution in [3.8, 4) is 0 Å². The Labute approximate surface area is 206 Å². The smallest absolute Gasteiger partial charge is 0.340 e. The number of aromatic nitrogens is 1. The molecule has 2 saturated carbocycles. The molecular weight excluding hydrogens is 446 g/mol. The summed E-state index contributed by atoms with van der Waals surface area (Å²) in [6, 6.07) is 1.74. The van der Waals surface area contributed by atoms with Crippen molar-refractivity contribution in [1.29, 1.82) is 0 Å². The summed E-state index contributed by atoms with van der Waals surface area (Å²) in [5.41, 5.74) is -0.836. The molecule has 1 aromatic heterocycles. The summed E-state index contributed by atoms with van der Waals surface area (Å²) < 4.78 is 7.84. The number of esters is 1. The number of ether oxygens (including phenoxy) is 1. The third kappa shape index (κ3) is 2.83. The highest BCUT2D eigenvalue weighted by molar-refractivity contribution is 5.96. The number of aryl methyl sites for hydroxylation is 1. The van der Waals surface area contributed by atoms with E-state index >= 15 is 0 Å². The van der Waals surface area contributed by atoms with E-state index in [9.17, 15) is 24.9 Å². The van der Waals surface area contributed by atoms with Crippen LogP contribution in [0.25, 0.3) is 0 Å². The molecule has 2 fully saturated rings. The monoisotopic (exact) mass is 483 g/mol. The molecule has 7 heteroatoms. The Bertz CT molecular complexity index is 1190. The number of nitrogens with zero attached hydrogens (tertiary/aromatic N) is 1. The van der Waals surface area contributed by atoms with Crippen molar-refractivity contribution in [3.05, 3.63) is 46.3 Å². The number of aliphatic hydroxyl groups excluding tert-OH is 2. The van der Waals surface area contributed by atoms with E-state index in [-0.39, 0.29) is 28.6 Å². The summed E-state index contributed by atoms with van der Waals surface area (Å²) in [6.45, 7) is 11.2. The predicted molar refractivity (Wildman–Crippen MR) is 129 cm³/mol. The van der Waals surface area contributed by atoms with Crippen LogP contribution in [0.3, 0.4) is 0 Å². The summed E-state index contributed by atoms with van der Waals surface area (Å²) in [5, 5.41) is 34.2. The summed E-state index contributed by atoms with van der Waals surface area (Å²) in [4.78, 5) is 27.7. The largest absolute Gasteiger partial charge is 0.451 e. The van der Waals surface area contributed by atoms with E-state index in [1.807, 2.05) is 32.4 Å². The molecule has 5 rings (SSSR count). The Morgan fingerprint density at radius 2 is 1.91 bits per heavy atom. The minimum Gasteiger partial charge on any atom is -0.451 e. The van der Waals surface area contributed by atoms with E-state index in [0.717, 1.165) is 17.8 Å². The first kappa shape index (κ1) is 24.5. The zero-order valence-electron chi connectivity index (χ0n) is 21.6. The van der Waals surface area contributed by atoms with E-state index in [1.165, 1.54) is 0 Å². The Morgan fingerprint density at radius 1 is 1.26 bits per heavy atom. The van der Waals surface area contributed by atoms with Crippen LogP contribution < -0.4 is 0 Å². The van der Waals surface area contributed by atoms with Gasteiger partial charge in [0.05, 0.1) is 17.6 Å². The van der Waals surface area contributed by atoms with Crippen molar-refractivity contribution >= 4 is 11.8 Å². The molecule has 0 aliphatic heterocycles. The van der Waals surface area contributed by atoms with Crippen LogP contribution in [0.4, 0.5) is 0 Å². The molecule has 1 heterocycles. The molecule has 0 unspecified atom stereocenters. The second kappa shape index (κ2) is 7.40. The second-order valence-corrected chi connectivity index (χ2v) is 12.0. The van der Waals surface area contributed by atoms with Gasteiger partial charge in [0.25, 0.3) is 0 Å². The Morgan fingerprint density at radius 3 is 2.49 bits per heavy atom. The van der Waals surface area contributed by atoms with Crippen molar-refractivity contribution in [2.75, 3.05) is 6.61 Å². The van der Waals surface area contributed by atoms with E-state index in [4.69, 9.17) is 4.74 Å². The molecule has 1 spiro atoms. The third-order valence-corrected chi connectivity index (χ3v) is 10.1. The average molecular weight is 484 g/mol. The quantitative estimate of drug-likeness (QED) is 0.451. The standard InChI is InChI=1S/C28H37NO6/c1-13-11-27-14(2)8-20-21(26(20,5)6)19(23(27)32)10-17(12-30)22(31)28(27,34)24(13)35-25(33)18-9-15(3)29(7)16(18)4/h9-11,14,19-22,24,30-31,34H,8,12H2,1-7H3/t14-,19+,20-,21+,22-,24+,27+,28+/m1/s1. The molecule has 0 saturated heterocycles. The van der Waals surface area contributed by atoms with Gasteiger partial charge in [-0.15, -0.1) is 0 Å². The SMILES string of the molecule is CC1=C[C@]23C(=O)[C@@H](C=C(CO)[C@@H](O)[C@]2(O)[C@H]1OC(=O)c1cc(C)n(C)c1C)[C@H]1[C@@H](C[C@H]3C)C1(C)C. The first-order valence-electron chi connectivity index (χ1n) is 12.5. The zero-order chi connectivity index (χ0) is 25.8. The van der Waals surface area contributed by atoms with Gasteiger partial charge in [0.2, 0.25) is 0 Å². The molecule has 1 aromatic rings. The van der Waals surface area contributed by atoms with Gasteiger partial charge in [-0.1, -0.05) is 32.9 Å². The number of Topliss-reactive ketones (excluding diaryl/α,β-unsaturated/α-hetero) is 1. The van der Waals surface area contributed by atoms with Crippen LogP contribution in [0.15, 0.2) is 29.4 Å². The van der Waals surface area contributed by atoms with Crippen LogP contribution >= 0.6 is 0 Å². The number of ketones is 1. The average Bonchev–Trinajstić information content (AvgIpc) is 3.16. The summed E-state index contributed by atoms with van der Waals surface area (Å²) >= 11 is 0. The molecular formula is C28H37NO6. The maximum absolute atomic E-state index is 14.4. The van der Waals surface area contributed by atoms with Gasteiger partial charge in [-0.3, -0.25) is 4.79 Å². The molecule has 2 bridgehead atoms. The van der Waals surface area contributed by atoms with Gasteiger partial charge >= 0.3 is 5.97 Å². The van der Waals surface area contributed by atoms with Crippen molar-refractivity contribution in [2.24, 2.45) is 41.5 Å². The number of rotatable bonds is 3. The van der Waals surface area contributed by atoms with Crippen LogP contribution in [-0.4, -0.2) is 56.1 Å². The van der Waals surface area contributed by atoms with Crippen LogP contribution in [0.1, 0.15) is 55.9 Å². The number of hydrogen-bond donors (Lipinski definition) is 3. The summed E-state index contributed by atoms with van der Waals surface area (Å²) in [5.74, 6) is -1.21. The summed E-state index contributed by atoms with van der Waals surface area (Å²) in [7, 11) is 1.86. The molecule has 4 aliphatic rings. The minimum atomic E-state index is -2.12. The first-order chi connectivity index (χ1) is 16.2. The van der Waals surface area contributed by atoms with Crippen LogP contribution in [-0.2, 0) is 16.6 Å². The number of allylic oxidation sites excluding steroid dienone is 1. The number of carbonyl (C=O) groups is 2.